The lowest BCUT2D eigenvalue weighted by atomic mass is 9.94. The molecule has 0 fully saturated rings. The Kier molecular flexibility index (Phi) is 7.49. The van der Waals surface area contributed by atoms with E-state index in [1.165, 1.54) is 11.1 Å². The average molecular weight is 357 g/mol. The number of hydrogen-bond acceptors (Lipinski definition) is 4. The molecule has 0 bridgehead atoms. The number of methoxy groups -OCH3 is 1. The quantitative estimate of drug-likeness (QED) is 0.682. The Hall–Kier alpha value is -2.04. The average Bonchev–Trinajstić information content (AvgIpc) is 2.65. The first-order chi connectivity index (χ1) is 12.4. The van der Waals surface area contributed by atoms with Gasteiger partial charge in [-0.25, -0.2) is 0 Å². The van der Waals surface area contributed by atoms with Gasteiger partial charge < -0.3 is 19.9 Å². The van der Waals surface area contributed by atoms with Crippen LogP contribution in [0.3, 0.4) is 0 Å². The van der Waals surface area contributed by atoms with Crippen molar-refractivity contribution in [1.29, 1.82) is 0 Å². The van der Waals surface area contributed by atoms with Crippen LogP contribution >= 0.6 is 0 Å². The van der Waals surface area contributed by atoms with E-state index in [2.05, 4.69) is 44.3 Å². The summed E-state index contributed by atoms with van der Waals surface area (Å²) in [5.41, 5.74) is 2.33. The fourth-order valence-corrected chi connectivity index (χ4v) is 2.82. The zero-order valence-electron chi connectivity index (χ0n) is 16.3. The second kappa shape index (κ2) is 9.60. The normalized spacial score (nSPS) is 12.7. The monoisotopic (exact) mass is 357 g/mol. The molecule has 1 atom stereocenters. The molecule has 0 spiro atoms. The third-order valence-electron chi connectivity index (χ3n) is 4.37. The second-order valence-electron chi connectivity index (χ2n) is 7.26. The molecule has 0 aromatic heterocycles. The van der Waals surface area contributed by atoms with Crippen molar-refractivity contribution in [3.8, 4) is 11.5 Å². The number of β-amino-alcohol motifs (C(OH)–C–C–N with tert-alkyl or cyclic N) is 1. The van der Waals surface area contributed by atoms with Gasteiger partial charge in [-0.05, 0) is 62.1 Å². The Balaban J connectivity index is 1.77. The van der Waals surface area contributed by atoms with Crippen LogP contribution in [0.25, 0.3) is 0 Å². The predicted octanol–water partition coefficient (Wildman–Crippen LogP) is 3.61. The van der Waals surface area contributed by atoms with Crippen molar-refractivity contribution in [3.05, 3.63) is 59.7 Å². The third kappa shape index (κ3) is 6.70. The summed E-state index contributed by atoms with van der Waals surface area (Å²) < 4.78 is 10.9. The highest BCUT2D eigenvalue weighted by Crippen LogP contribution is 2.17. The predicted molar refractivity (Wildman–Crippen MR) is 106 cm³/mol. The summed E-state index contributed by atoms with van der Waals surface area (Å²) in [6, 6.07) is 16.1. The Morgan fingerprint density at radius 3 is 2.42 bits per heavy atom. The zero-order chi connectivity index (χ0) is 19.0. The summed E-state index contributed by atoms with van der Waals surface area (Å²) in [5, 5.41) is 13.7. The van der Waals surface area contributed by atoms with Gasteiger partial charge in [-0.3, -0.25) is 0 Å². The molecular formula is C22H31NO3. The summed E-state index contributed by atoms with van der Waals surface area (Å²) in [6.07, 6.45) is 1.28. The first kappa shape index (κ1) is 20.3. The molecule has 0 aliphatic rings. The molecule has 0 aliphatic heterocycles. The fraction of sp³-hybridized carbons (Fsp3) is 0.455. The minimum absolute atomic E-state index is 0.127. The molecule has 0 heterocycles. The van der Waals surface area contributed by atoms with Crippen molar-refractivity contribution in [2.45, 2.75) is 45.3 Å². The number of hydrogen-bond donors (Lipinski definition) is 2. The molecule has 0 saturated heterocycles. The van der Waals surface area contributed by atoms with Gasteiger partial charge in [0.1, 0.15) is 24.2 Å². The minimum atomic E-state index is -0.560. The van der Waals surface area contributed by atoms with Gasteiger partial charge in [0.05, 0.1) is 7.11 Å². The topological polar surface area (TPSA) is 50.7 Å². The van der Waals surface area contributed by atoms with Crippen LogP contribution < -0.4 is 14.8 Å². The Morgan fingerprint density at radius 2 is 1.77 bits per heavy atom. The Morgan fingerprint density at radius 1 is 1.04 bits per heavy atom. The van der Waals surface area contributed by atoms with Gasteiger partial charge in [0.15, 0.2) is 0 Å². The first-order valence-corrected chi connectivity index (χ1v) is 9.19. The summed E-state index contributed by atoms with van der Waals surface area (Å²) >= 11 is 0. The van der Waals surface area contributed by atoms with Gasteiger partial charge >= 0.3 is 0 Å². The highest BCUT2D eigenvalue weighted by atomic mass is 16.5. The number of benzene rings is 2. The van der Waals surface area contributed by atoms with Gasteiger partial charge in [0.25, 0.3) is 0 Å². The van der Waals surface area contributed by atoms with Crippen LogP contribution in [0.5, 0.6) is 11.5 Å². The van der Waals surface area contributed by atoms with Crippen LogP contribution in [-0.2, 0) is 12.8 Å². The number of aryl methyl sites for hydroxylation is 1. The van der Waals surface area contributed by atoms with Gasteiger partial charge in [-0.2, -0.15) is 0 Å². The summed E-state index contributed by atoms with van der Waals surface area (Å²) in [5.74, 6) is 1.67. The Labute approximate surface area is 157 Å². The van der Waals surface area contributed by atoms with Gasteiger partial charge in [-0.1, -0.05) is 31.2 Å². The molecule has 2 aromatic carbocycles. The number of rotatable bonds is 10. The van der Waals surface area contributed by atoms with E-state index in [1.807, 2.05) is 30.3 Å². The van der Waals surface area contributed by atoms with Crippen LogP contribution in [-0.4, -0.2) is 37.0 Å². The maximum absolute atomic E-state index is 10.2. The smallest absolute Gasteiger partial charge is 0.119 e. The van der Waals surface area contributed by atoms with Gasteiger partial charge in [0, 0.05) is 12.1 Å². The lowest BCUT2D eigenvalue weighted by Gasteiger charge is -2.28. The van der Waals surface area contributed by atoms with E-state index in [0.29, 0.717) is 6.54 Å². The molecule has 0 aliphatic carbocycles. The van der Waals surface area contributed by atoms with Gasteiger partial charge in [0.2, 0.25) is 0 Å². The van der Waals surface area contributed by atoms with E-state index in [0.717, 1.165) is 24.3 Å². The molecular weight excluding hydrogens is 326 g/mol. The van der Waals surface area contributed by atoms with Crippen LogP contribution in [0.2, 0.25) is 0 Å². The molecule has 2 N–H and O–H groups in total. The molecule has 0 amide bonds. The molecule has 1 unspecified atom stereocenters. The molecule has 2 rings (SSSR count). The van der Waals surface area contributed by atoms with Crippen molar-refractivity contribution < 1.29 is 14.6 Å². The van der Waals surface area contributed by atoms with Crippen LogP contribution in [0.4, 0.5) is 0 Å². The summed E-state index contributed by atoms with van der Waals surface area (Å²) in [6.45, 7) is 7.14. The molecule has 0 saturated carbocycles. The van der Waals surface area contributed by atoms with E-state index in [1.54, 1.807) is 7.11 Å². The van der Waals surface area contributed by atoms with Crippen molar-refractivity contribution in [2.24, 2.45) is 0 Å². The highest BCUT2D eigenvalue weighted by Gasteiger charge is 2.19. The third-order valence-corrected chi connectivity index (χ3v) is 4.37. The van der Waals surface area contributed by atoms with E-state index < -0.39 is 6.10 Å². The number of aliphatic hydroxyl groups is 1. The molecule has 4 nitrogen and oxygen atoms in total. The minimum Gasteiger partial charge on any atom is -0.497 e. The van der Waals surface area contributed by atoms with E-state index in [4.69, 9.17) is 9.47 Å². The summed E-state index contributed by atoms with van der Waals surface area (Å²) in [4.78, 5) is 0. The van der Waals surface area contributed by atoms with Crippen LogP contribution in [0.15, 0.2) is 48.5 Å². The second-order valence-corrected chi connectivity index (χ2v) is 7.26. The molecule has 0 radical (unpaired) electrons. The van der Waals surface area contributed by atoms with Crippen molar-refractivity contribution in [1.82, 2.24) is 5.32 Å². The van der Waals surface area contributed by atoms with E-state index in [-0.39, 0.29) is 12.1 Å². The molecule has 2 aromatic rings. The number of aliphatic hydroxyl groups excluding tert-OH is 1. The number of nitrogens with one attached hydrogen (secondary N) is 1. The Bertz CT molecular complexity index is 667. The molecule has 26 heavy (non-hydrogen) atoms. The maximum Gasteiger partial charge on any atom is 0.119 e. The largest absolute Gasteiger partial charge is 0.497 e. The fourth-order valence-electron chi connectivity index (χ4n) is 2.82. The molecule has 4 heteroatoms. The lowest BCUT2D eigenvalue weighted by Crippen LogP contribution is -2.46. The molecule has 142 valence electrons. The standard InChI is InChI=1S/C22H31NO3/c1-5-17-7-6-8-21(13-17)26-16-19(24)15-23-22(2,3)14-18-9-11-20(25-4)12-10-18/h6-13,19,23-24H,5,14-16H2,1-4H3. The highest BCUT2D eigenvalue weighted by molar-refractivity contribution is 5.29. The van der Waals surface area contributed by atoms with Crippen LogP contribution in [0.1, 0.15) is 31.9 Å². The van der Waals surface area contributed by atoms with E-state index >= 15 is 0 Å². The number of ether oxygens (including phenoxy) is 2. The SMILES string of the molecule is CCc1cccc(OCC(O)CNC(C)(C)Cc2ccc(OC)cc2)c1. The summed E-state index contributed by atoms with van der Waals surface area (Å²) in [7, 11) is 1.67. The first-order valence-electron chi connectivity index (χ1n) is 9.19. The van der Waals surface area contributed by atoms with Crippen molar-refractivity contribution in [3.63, 3.8) is 0 Å². The van der Waals surface area contributed by atoms with Crippen molar-refractivity contribution in [2.75, 3.05) is 20.3 Å². The van der Waals surface area contributed by atoms with Crippen molar-refractivity contribution >= 4 is 0 Å². The maximum atomic E-state index is 10.2. The van der Waals surface area contributed by atoms with E-state index in [9.17, 15) is 5.11 Å². The van der Waals surface area contributed by atoms with Crippen LogP contribution in [0, 0.1) is 0 Å². The van der Waals surface area contributed by atoms with Gasteiger partial charge in [-0.15, -0.1) is 0 Å². The zero-order valence-corrected chi connectivity index (χ0v) is 16.3. The lowest BCUT2D eigenvalue weighted by molar-refractivity contribution is 0.0988.